The third-order valence-corrected chi connectivity index (χ3v) is 2.65. The van der Waals surface area contributed by atoms with E-state index in [4.69, 9.17) is 4.74 Å². The van der Waals surface area contributed by atoms with Crippen LogP contribution in [-0.4, -0.2) is 31.8 Å². The molecule has 0 aliphatic carbocycles. The van der Waals surface area contributed by atoms with Crippen molar-refractivity contribution in [3.05, 3.63) is 35.6 Å². The van der Waals surface area contributed by atoms with E-state index in [2.05, 4.69) is 10.4 Å². The SMILES string of the molecule is CNN1CCOCC1c1cccc(F)c1. The van der Waals surface area contributed by atoms with Crippen LogP contribution in [0.3, 0.4) is 0 Å². The molecule has 0 aromatic heterocycles. The molecule has 1 heterocycles. The molecule has 1 aliphatic rings. The van der Waals surface area contributed by atoms with E-state index < -0.39 is 0 Å². The number of hydrogen-bond acceptors (Lipinski definition) is 3. The van der Waals surface area contributed by atoms with Crippen LogP contribution in [0.1, 0.15) is 11.6 Å². The number of morpholine rings is 1. The van der Waals surface area contributed by atoms with Crippen LogP contribution in [0.15, 0.2) is 24.3 Å². The second kappa shape index (κ2) is 4.70. The first kappa shape index (κ1) is 10.5. The van der Waals surface area contributed by atoms with Gasteiger partial charge in [0.2, 0.25) is 0 Å². The predicted octanol–water partition coefficient (Wildman–Crippen LogP) is 1.33. The van der Waals surface area contributed by atoms with Gasteiger partial charge in [-0.25, -0.2) is 9.40 Å². The van der Waals surface area contributed by atoms with Gasteiger partial charge < -0.3 is 4.74 Å². The maximum atomic E-state index is 13.1. The van der Waals surface area contributed by atoms with Crippen molar-refractivity contribution in [2.75, 3.05) is 26.8 Å². The van der Waals surface area contributed by atoms with Gasteiger partial charge in [0, 0.05) is 6.54 Å². The van der Waals surface area contributed by atoms with Crippen LogP contribution < -0.4 is 5.43 Å². The number of benzene rings is 1. The van der Waals surface area contributed by atoms with Crippen LogP contribution in [0.2, 0.25) is 0 Å². The van der Waals surface area contributed by atoms with E-state index in [-0.39, 0.29) is 11.9 Å². The number of hydrazine groups is 1. The van der Waals surface area contributed by atoms with E-state index in [1.807, 2.05) is 13.1 Å². The highest BCUT2D eigenvalue weighted by molar-refractivity contribution is 5.20. The number of halogens is 1. The molecule has 1 aromatic rings. The lowest BCUT2D eigenvalue weighted by molar-refractivity contribution is -0.0308. The maximum absolute atomic E-state index is 13.1. The normalized spacial score (nSPS) is 22.9. The van der Waals surface area contributed by atoms with Crippen LogP contribution in [0, 0.1) is 5.82 Å². The van der Waals surface area contributed by atoms with Crippen LogP contribution >= 0.6 is 0 Å². The Morgan fingerprint density at radius 2 is 2.40 bits per heavy atom. The number of nitrogens with zero attached hydrogens (tertiary/aromatic N) is 1. The average molecular weight is 210 g/mol. The van der Waals surface area contributed by atoms with Crippen molar-refractivity contribution in [3.63, 3.8) is 0 Å². The molecule has 1 aliphatic heterocycles. The van der Waals surface area contributed by atoms with Gasteiger partial charge in [-0.3, -0.25) is 5.43 Å². The van der Waals surface area contributed by atoms with Crippen LogP contribution in [0.5, 0.6) is 0 Å². The molecule has 1 N–H and O–H groups in total. The molecular formula is C11H15FN2O. The molecule has 0 bridgehead atoms. The summed E-state index contributed by atoms with van der Waals surface area (Å²) in [4.78, 5) is 0. The van der Waals surface area contributed by atoms with Gasteiger partial charge in [-0.1, -0.05) is 12.1 Å². The fourth-order valence-electron chi connectivity index (χ4n) is 1.86. The van der Waals surface area contributed by atoms with Gasteiger partial charge in [-0.15, -0.1) is 0 Å². The van der Waals surface area contributed by atoms with Gasteiger partial charge in [0.25, 0.3) is 0 Å². The smallest absolute Gasteiger partial charge is 0.123 e. The molecule has 1 fully saturated rings. The van der Waals surface area contributed by atoms with Gasteiger partial charge in [-0.2, -0.15) is 0 Å². The van der Waals surface area contributed by atoms with Gasteiger partial charge >= 0.3 is 0 Å². The second-order valence-corrected chi connectivity index (χ2v) is 3.56. The lowest BCUT2D eigenvalue weighted by Gasteiger charge is -2.34. The van der Waals surface area contributed by atoms with Gasteiger partial charge in [0.1, 0.15) is 5.82 Å². The van der Waals surface area contributed by atoms with Gasteiger partial charge in [-0.05, 0) is 24.7 Å². The van der Waals surface area contributed by atoms with E-state index in [9.17, 15) is 4.39 Å². The quantitative estimate of drug-likeness (QED) is 0.797. The Morgan fingerprint density at radius 1 is 1.53 bits per heavy atom. The van der Waals surface area contributed by atoms with Crippen molar-refractivity contribution in [1.29, 1.82) is 0 Å². The van der Waals surface area contributed by atoms with E-state index in [0.717, 1.165) is 12.1 Å². The van der Waals surface area contributed by atoms with Crippen molar-refractivity contribution < 1.29 is 9.13 Å². The van der Waals surface area contributed by atoms with Crippen LogP contribution in [0.25, 0.3) is 0 Å². The number of nitrogens with one attached hydrogen (secondary N) is 1. The third kappa shape index (κ3) is 2.34. The molecule has 1 aromatic carbocycles. The van der Waals surface area contributed by atoms with Crippen molar-refractivity contribution in [2.24, 2.45) is 0 Å². The Morgan fingerprint density at radius 3 is 3.13 bits per heavy atom. The summed E-state index contributed by atoms with van der Waals surface area (Å²) in [6.07, 6.45) is 0. The standard InChI is InChI=1S/C11H15FN2O/c1-13-14-5-6-15-8-11(14)9-3-2-4-10(12)7-9/h2-4,7,11,13H,5-6,8H2,1H3. The molecular weight excluding hydrogens is 195 g/mol. The molecule has 1 atom stereocenters. The summed E-state index contributed by atoms with van der Waals surface area (Å²) < 4.78 is 18.5. The maximum Gasteiger partial charge on any atom is 0.123 e. The Bertz CT molecular complexity index is 332. The highest BCUT2D eigenvalue weighted by atomic mass is 19.1. The zero-order valence-electron chi connectivity index (χ0n) is 8.74. The first-order valence-electron chi connectivity index (χ1n) is 5.08. The molecule has 2 rings (SSSR count). The third-order valence-electron chi connectivity index (χ3n) is 2.65. The highest BCUT2D eigenvalue weighted by Crippen LogP contribution is 2.22. The molecule has 0 saturated carbocycles. The molecule has 0 amide bonds. The average Bonchev–Trinajstić information content (AvgIpc) is 2.29. The zero-order chi connectivity index (χ0) is 10.7. The van der Waals surface area contributed by atoms with Crippen molar-refractivity contribution in [1.82, 2.24) is 10.4 Å². The largest absolute Gasteiger partial charge is 0.378 e. The molecule has 4 heteroatoms. The fourth-order valence-corrected chi connectivity index (χ4v) is 1.86. The summed E-state index contributed by atoms with van der Waals surface area (Å²) in [5.74, 6) is -0.200. The summed E-state index contributed by atoms with van der Waals surface area (Å²) in [5.41, 5.74) is 4.05. The molecule has 3 nitrogen and oxygen atoms in total. The number of hydrogen-bond donors (Lipinski definition) is 1. The van der Waals surface area contributed by atoms with Gasteiger partial charge in [0.05, 0.1) is 19.3 Å². The molecule has 15 heavy (non-hydrogen) atoms. The summed E-state index contributed by atoms with van der Waals surface area (Å²) in [5, 5.41) is 2.07. The minimum absolute atomic E-state index is 0.0967. The highest BCUT2D eigenvalue weighted by Gasteiger charge is 2.23. The van der Waals surface area contributed by atoms with E-state index in [1.165, 1.54) is 6.07 Å². The van der Waals surface area contributed by atoms with E-state index in [1.54, 1.807) is 12.1 Å². The Balaban J connectivity index is 2.20. The summed E-state index contributed by atoms with van der Waals surface area (Å²) >= 11 is 0. The number of ether oxygens (including phenoxy) is 1. The lowest BCUT2D eigenvalue weighted by atomic mass is 10.1. The molecule has 1 unspecified atom stereocenters. The first-order valence-corrected chi connectivity index (χ1v) is 5.08. The second-order valence-electron chi connectivity index (χ2n) is 3.56. The minimum Gasteiger partial charge on any atom is -0.378 e. The summed E-state index contributed by atoms with van der Waals surface area (Å²) in [7, 11) is 1.87. The Hall–Kier alpha value is -0.970. The Labute approximate surface area is 88.8 Å². The molecule has 0 radical (unpaired) electrons. The molecule has 1 saturated heterocycles. The summed E-state index contributed by atoms with van der Waals surface area (Å²) in [6.45, 7) is 2.13. The van der Waals surface area contributed by atoms with E-state index in [0.29, 0.717) is 13.2 Å². The monoisotopic (exact) mass is 210 g/mol. The molecule has 0 spiro atoms. The number of rotatable bonds is 2. The van der Waals surface area contributed by atoms with Crippen molar-refractivity contribution in [3.8, 4) is 0 Å². The van der Waals surface area contributed by atoms with Crippen molar-refractivity contribution >= 4 is 0 Å². The summed E-state index contributed by atoms with van der Waals surface area (Å²) in [6, 6.07) is 6.76. The van der Waals surface area contributed by atoms with Crippen LogP contribution in [0.4, 0.5) is 4.39 Å². The lowest BCUT2D eigenvalue weighted by Crippen LogP contribution is -2.46. The molecule has 82 valence electrons. The first-order chi connectivity index (χ1) is 7.31. The minimum atomic E-state index is -0.200. The van der Waals surface area contributed by atoms with Crippen LogP contribution in [-0.2, 0) is 4.74 Å². The van der Waals surface area contributed by atoms with Crippen molar-refractivity contribution in [2.45, 2.75) is 6.04 Å². The topological polar surface area (TPSA) is 24.5 Å². The van der Waals surface area contributed by atoms with E-state index >= 15 is 0 Å². The van der Waals surface area contributed by atoms with Gasteiger partial charge in [0.15, 0.2) is 0 Å². The fraction of sp³-hybridized carbons (Fsp3) is 0.455. The Kier molecular flexibility index (Phi) is 3.30. The predicted molar refractivity (Wildman–Crippen MR) is 55.7 cm³/mol. The zero-order valence-corrected chi connectivity index (χ0v) is 8.74.